The number of hydrazine groups is 1. The Kier molecular flexibility index (Phi) is 5.22. The monoisotopic (exact) mass is 425 g/mol. The van der Waals surface area contributed by atoms with E-state index in [9.17, 15) is 9.59 Å². The molecule has 3 atom stereocenters. The minimum Gasteiger partial charge on any atom is -0.449 e. The molecular formula is C23H31N5O3. The highest BCUT2D eigenvalue weighted by molar-refractivity contribution is 5.95. The zero-order chi connectivity index (χ0) is 21.6. The molecule has 1 saturated carbocycles. The molecule has 0 aromatic carbocycles. The van der Waals surface area contributed by atoms with E-state index in [1.807, 2.05) is 6.07 Å². The Hall–Kier alpha value is -2.45. The van der Waals surface area contributed by atoms with Gasteiger partial charge in [-0.2, -0.15) is 0 Å². The van der Waals surface area contributed by atoms with Crippen LogP contribution in [0.5, 0.6) is 0 Å². The molecule has 8 nitrogen and oxygen atoms in total. The molecule has 5 rings (SSSR count). The first-order valence-electron chi connectivity index (χ1n) is 11.4. The smallest absolute Gasteiger partial charge is 0.287 e. The minimum absolute atomic E-state index is 0.0161. The van der Waals surface area contributed by atoms with E-state index >= 15 is 0 Å². The second-order valence-electron chi connectivity index (χ2n) is 9.72. The quantitative estimate of drug-likeness (QED) is 0.677. The molecule has 2 aromatic heterocycles. The Morgan fingerprint density at radius 3 is 2.90 bits per heavy atom. The van der Waals surface area contributed by atoms with Crippen molar-refractivity contribution < 1.29 is 14.0 Å². The summed E-state index contributed by atoms with van der Waals surface area (Å²) >= 11 is 0. The number of fused-ring (bicyclic) bond motifs is 1. The maximum absolute atomic E-state index is 13.0. The number of furan rings is 1. The lowest BCUT2D eigenvalue weighted by molar-refractivity contribution is -0.137. The zero-order valence-corrected chi connectivity index (χ0v) is 18.2. The van der Waals surface area contributed by atoms with Gasteiger partial charge >= 0.3 is 0 Å². The van der Waals surface area contributed by atoms with Gasteiger partial charge in [0.2, 0.25) is 5.91 Å². The molecule has 3 fully saturated rings. The molecule has 2 aromatic rings. The summed E-state index contributed by atoms with van der Waals surface area (Å²) in [4.78, 5) is 31.6. The van der Waals surface area contributed by atoms with E-state index < -0.39 is 0 Å². The predicted molar refractivity (Wildman–Crippen MR) is 116 cm³/mol. The number of carbonyl (C=O) groups is 2. The Morgan fingerprint density at radius 2 is 2.16 bits per heavy atom. The van der Waals surface area contributed by atoms with Crippen molar-refractivity contribution in [2.45, 2.75) is 39.2 Å². The maximum atomic E-state index is 13.0. The number of carbonyl (C=O) groups excluding carboxylic acids is 2. The third kappa shape index (κ3) is 3.83. The highest BCUT2D eigenvalue weighted by atomic mass is 16.3. The van der Waals surface area contributed by atoms with Crippen molar-refractivity contribution in [1.29, 1.82) is 0 Å². The van der Waals surface area contributed by atoms with Crippen LogP contribution in [0.4, 0.5) is 0 Å². The summed E-state index contributed by atoms with van der Waals surface area (Å²) in [6, 6.07) is 3.79. The highest BCUT2D eigenvalue weighted by Crippen LogP contribution is 2.59. The van der Waals surface area contributed by atoms with E-state index in [-0.39, 0.29) is 29.2 Å². The molecule has 2 aliphatic heterocycles. The fourth-order valence-corrected chi connectivity index (χ4v) is 5.43. The number of likely N-dealkylation sites (tertiary alicyclic amines) is 1. The van der Waals surface area contributed by atoms with Crippen molar-refractivity contribution in [1.82, 2.24) is 26.1 Å². The van der Waals surface area contributed by atoms with Crippen LogP contribution < -0.4 is 16.2 Å². The lowest BCUT2D eigenvalue weighted by atomic mass is 9.87. The number of nitrogens with one attached hydrogen (secondary N) is 3. The van der Waals surface area contributed by atoms with E-state index in [0.717, 1.165) is 37.7 Å². The molecule has 8 heteroatoms. The molecule has 2 amide bonds. The van der Waals surface area contributed by atoms with Crippen LogP contribution >= 0.6 is 0 Å². The topological polar surface area (TPSA) is 99.5 Å². The lowest BCUT2D eigenvalue weighted by Crippen LogP contribution is -2.47. The van der Waals surface area contributed by atoms with Gasteiger partial charge in [-0.3, -0.25) is 25.4 Å². The third-order valence-electron chi connectivity index (χ3n) is 7.55. The number of piperidine rings is 1. The number of hydrogen-bond acceptors (Lipinski definition) is 6. The summed E-state index contributed by atoms with van der Waals surface area (Å²) in [5, 5.41) is 3.92. The molecule has 1 aliphatic carbocycles. The van der Waals surface area contributed by atoms with Crippen LogP contribution in [-0.4, -0.2) is 53.9 Å². The van der Waals surface area contributed by atoms with E-state index in [1.165, 1.54) is 0 Å². The van der Waals surface area contributed by atoms with Gasteiger partial charge in [0.1, 0.15) is 0 Å². The number of rotatable bonds is 5. The molecule has 0 radical (unpaired) electrons. The van der Waals surface area contributed by atoms with Gasteiger partial charge in [0.15, 0.2) is 11.3 Å². The second-order valence-corrected chi connectivity index (χ2v) is 9.72. The van der Waals surface area contributed by atoms with Gasteiger partial charge in [0, 0.05) is 43.8 Å². The van der Waals surface area contributed by atoms with Crippen molar-refractivity contribution in [2.24, 2.45) is 23.2 Å². The van der Waals surface area contributed by atoms with Gasteiger partial charge in [-0.15, -0.1) is 0 Å². The summed E-state index contributed by atoms with van der Waals surface area (Å²) < 4.78 is 5.61. The molecule has 2 saturated heterocycles. The summed E-state index contributed by atoms with van der Waals surface area (Å²) in [7, 11) is 0. The van der Waals surface area contributed by atoms with Crippen LogP contribution in [0.2, 0.25) is 0 Å². The minimum atomic E-state index is -0.174. The van der Waals surface area contributed by atoms with Gasteiger partial charge in [-0.25, -0.2) is 0 Å². The largest absolute Gasteiger partial charge is 0.449 e. The van der Waals surface area contributed by atoms with Crippen LogP contribution in [0, 0.1) is 23.2 Å². The van der Waals surface area contributed by atoms with Crippen molar-refractivity contribution >= 4 is 22.8 Å². The summed E-state index contributed by atoms with van der Waals surface area (Å²) in [5.41, 5.74) is 7.33. The van der Waals surface area contributed by atoms with Gasteiger partial charge in [-0.1, -0.05) is 13.8 Å². The molecule has 31 heavy (non-hydrogen) atoms. The van der Waals surface area contributed by atoms with Crippen LogP contribution in [0.1, 0.15) is 43.7 Å². The van der Waals surface area contributed by atoms with E-state index in [4.69, 9.17) is 4.42 Å². The first kappa shape index (κ1) is 20.5. The summed E-state index contributed by atoms with van der Waals surface area (Å²) in [6.45, 7) is 7.31. The average Bonchev–Trinajstić information content (AvgIpc) is 3.16. The molecule has 4 heterocycles. The van der Waals surface area contributed by atoms with E-state index in [2.05, 4.69) is 39.9 Å². The van der Waals surface area contributed by atoms with Crippen LogP contribution in [-0.2, 0) is 4.79 Å². The van der Waals surface area contributed by atoms with Gasteiger partial charge in [0.05, 0.1) is 12.1 Å². The zero-order valence-electron chi connectivity index (χ0n) is 18.2. The fourth-order valence-electron chi connectivity index (χ4n) is 5.43. The first-order valence-corrected chi connectivity index (χ1v) is 11.4. The van der Waals surface area contributed by atoms with E-state index in [0.29, 0.717) is 36.3 Å². The summed E-state index contributed by atoms with van der Waals surface area (Å²) in [5.74, 6) is 1.35. The number of nitrogens with zero attached hydrogens (tertiary/aromatic N) is 2. The maximum Gasteiger partial charge on any atom is 0.287 e. The molecular weight excluding hydrogens is 394 g/mol. The van der Waals surface area contributed by atoms with Gasteiger partial charge in [0.25, 0.3) is 5.91 Å². The number of pyridine rings is 1. The van der Waals surface area contributed by atoms with Gasteiger partial charge in [-0.05, 0) is 48.6 Å². The SMILES string of the molecule is CC(C)C1NNCC1C(=O)N1CCC2(CC1)CC2CNC(=O)c1cc2ccncc2o1. The van der Waals surface area contributed by atoms with Crippen molar-refractivity contribution in [3.8, 4) is 0 Å². The second kappa shape index (κ2) is 7.91. The molecule has 3 N–H and O–H groups in total. The van der Waals surface area contributed by atoms with Crippen molar-refractivity contribution in [2.75, 3.05) is 26.2 Å². The normalized spacial score (nSPS) is 27.2. The number of aromatic nitrogens is 1. The van der Waals surface area contributed by atoms with Gasteiger partial charge < -0.3 is 14.6 Å². The molecule has 3 unspecified atom stereocenters. The van der Waals surface area contributed by atoms with Crippen LogP contribution in [0.25, 0.3) is 11.0 Å². The highest BCUT2D eigenvalue weighted by Gasteiger charge is 2.55. The first-order chi connectivity index (χ1) is 15.0. The van der Waals surface area contributed by atoms with E-state index in [1.54, 1.807) is 18.5 Å². The Balaban J connectivity index is 1.11. The molecule has 0 bridgehead atoms. The van der Waals surface area contributed by atoms with Crippen molar-refractivity contribution in [3.05, 3.63) is 30.3 Å². The standard InChI is InChI=1S/C23H31N5O3/c1-14(2)20-17(12-26-27-20)22(30)28-7-4-23(5-8-28)10-16(23)11-25-21(29)18-9-15-3-6-24-13-19(15)31-18/h3,6,9,13-14,16-17,20,26-27H,4-5,7-8,10-12H2,1-2H3,(H,25,29). The average molecular weight is 426 g/mol. The van der Waals surface area contributed by atoms with Crippen LogP contribution in [0.3, 0.4) is 0 Å². The third-order valence-corrected chi connectivity index (χ3v) is 7.55. The Bertz CT molecular complexity index is 946. The fraction of sp³-hybridized carbons (Fsp3) is 0.609. The molecule has 166 valence electrons. The Morgan fingerprint density at radius 1 is 1.35 bits per heavy atom. The Labute approximate surface area is 182 Å². The molecule has 1 spiro atoms. The lowest BCUT2D eigenvalue weighted by Gasteiger charge is -2.35. The predicted octanol–water partition coefficient (Wildman–Crippen LogP) is 1.93. The van der Waals surface area contributed by atoms with Crippen molar-refractivity contribution in [3.63, 3.8) is 0 Å². The summed E-state index contributed by atoms with van der Waals surface area (Å²) in [6.07, 6.45) is 6.48. The number of amides is 2. The number of hydrogen-bond donors (Lipinski definition) is 3. The molecule has 3 aliphatic rings. The van der Waals surface area contributed by atoms with Crippen LogP contribution in [0.15, 0.2) is 28.9 Å².